The Morgan fingerprint density at radius 3 is 2.37 bits per heavy atom. The number of aromatic nitrogens is 1. The Labute approximate surface area is 291 Å². The second kappa shape index (κ2) is 17.7. The van der Waals surface area contributed by atoms with Gasteiger partial charge in [-0.3, -0.25) is 14.9 Å². The Morgan fingerprint density at radius 2 is 1.69 bits per heavy atom. The molecule has 4 amide bonds. The Kier molecular flexibility index (Phi) is 14.0. The van der Waals surface area contributed by atoms with Crippen molar-refractivity contribution in [2.45, 2.75) is 65.5 Å². The van der Waals surface area contributed by atoms with Crippen LogP contribution in [-0.2, 0) is 25.5 Å². The van der Waals surface area contributed by atoms with Crippen LogP contribution in [0.15, 0.2) is 59.1 Å². The third-order valence-electron chi connectivity index (χ3n) is 7.77. The van der Waals surface area contributed by atoms with E-state index in [2.05, 4.69) is 10.5 Å². The molecule has 2 aromatic carbocycles. The van der Waals surface area contributed by atoms with Gasteiger partial charge in [0.1, 0.15) is 23.7 Å². The molecule has 0 aliphatic carbocycles. The molecule has 0 unspecified atom stereocenters. The Bertz CT molecular complexity index is 1570. The number of halogens is 2. The van der Waals surface area contributed by atoms with E-state index in [0.29, 0.717) is 37.4 Å². The maximum Gasteiger partial charge on any atom is 0.414 e. The highest BCUT2D eigenvalue weighted by Gasteiger charge is 2.29. The monoisotopic (exact) mass is 701 g/mol. The quantitative estimate of drug-likeness (QED) is 0.235. The molecule has 2 heterocycles. The Balaban J connectivity index is 0.00000650. The molecule has 3 aromatic rings. The highest BCUT2D eigenvalue weighted by Crippen LogP contribution is 2.23. The summed E-state index contributed by atoms with van der Waals surface area (Å²) in [5.41, 5.74) is 1.20. The molecule has 0 spiro atoms. The van der Waals surface area contributed by atoms with E-state index >= 15 is 0 Å². The highest BCUT2D eigenvalue weighted by atomic mass is 35.5. The minimum Gasteiger partial charge on any atom is -0.447 e. The average Bonchev–Trinajstić information content (AvgIpc) is 3.53. The molecule has 0 bridgehead atoms. The topological polar surface area (TPSA) is 135 Å². The van der Waals surface area contributed by atoms with Gasteiger partial charge in [0.15, 0.2) is 0 Å². The summed E-state index contributed by atoms with van der Waals surface area (Å²) < 4.78 is 30.0. The van der Waals surface area contributed by atoms with Gasteiger partial charge >= 0.3 is 12.2 Å². The molecule has 1 aliphatic heterocycles. The van der Waals surface area contributed by atoms with E-state index in [1.807, 2.05) is 30.3 Å². The molecule has 1 atom stereocenters. The van der Waals surface area contributed by atoms with Crippen molar-refractivity contribution in [3.05, 3.63) is 71.0 Å². The molecule has 14 heteroatoms. The van der Waals surface area contributed by atoms with Gasteiger partial charge in [0, 0.05) is 57.7 Å². The van der Waals surface area contributed by atoms with Crippen LogP contribution in [0.2, 0.25) is 5.02 Å². The van der Waals surface area contributed by atoms with Gasteiger partial charge in [0.05, 0.1) is 11.1 Å². The van der Waals surface area contributed by atoms with Gasteiger partial charge in [-0.25, -0.2) is 14.0 Å². The number of rotatable bonds is 11. The molecule has 1 aliphatic rings. The van der Waals surface area contributed by atoms with Gasteiger partial charge in [-0.2, -0.15) is 0 Å². The number of likely N-dealkylation sites (N-methyl/N-ethyl adjacent to an activating group) is 1. The first-order valence-corrected chi connectivity index (χ1v) is 16.1. The molecular weight excluding hydrogens is 657 g/mol. The lowest BCUT2D eigenvalue weighted by Gasteiger charge is -2.36. The number of ether oxygens (including phenoxy) is 2. The largest absolute Gasteiger partial charge is 0.447 e. The Hall–Kier alpha value is -4.65. The minimum atomic E-state index is -0.826. The number of carbonyl (C=O) groups is 4. The van der Waals surface area contributed by atoms with Crippen molar-refractivity contribution in [3.63, 3.8) is 0 Å². The van der Waals surface area contributed by atoms with E-state index in [0.717, 1.165) is 5.56 Å². The molecule has 266 valence electrons. The lowest BCUT2D eigenvalue weighted by molar-refractivity contribution is -0.136. The smallest absolute Gasteiger partial charge is 0.414 e. The number of carbonyl (C=O) groups excluding carboxylic acids is 4. The van der Waals surface area contributed by atoms with Crippen LogP contribution in [0.5, 0.6) is 0 Å². The molecule has 1 fully saturated rings. The number of nitrogens with zero attached hydrogens (tertiary/aromatic N) is 4. The zero-order valence-corrected chi connectivity index (χ0v) is 28.3. The SMILES string of the molecule is C.CN(C(=O)CCc1cccc(F)c1Cl)[C@@H](CCC(=O)N1CCN(C(=O)OC(C)(C)C)CC1)COC(=O)Nc1cc(-c2ccccc2)no1. The third-order valence-corrected chi connectivity index (χ3v) is 8.19. The summed E-state index contributed by atoms with van der Waals surface area (Å²) in [6.45, 7) is 6.52. The number of anilines is 1. The maximum atomic E-state index is 13.9. The van der Waals surface area contributed by atoms with E-state index in [1.54, 1.807) is 49.8 Å². The second-order valence-corrected chi connectivity index (χ2v) is 12.8. The fourth-order valence-corrected chi connectivity index (χ4v) is 5.27. The molecule has 1 aromatic heterocycles. The molecule has 12 nitrogen and oxygen atoms in total. The van der Waals surface area contributed by atoms with Gasteiger partial charge in [-0.05, 0) is 45.2 Å². The van der Waals surface area contributed by atoms with E-state index in [4.69, 9.17) is 25.6 Å². The first kappa shape index (κ1) is 38.8. The summed E-state index contributed by atoms with van der Waals surface area (Å²) in [5, 5.41) is 6.42. The molecule has 4 rings (SSSR count). The Morgan fingerprint density at radius 1 is 1.02 bits per heavy atom. The number of benzene rings is 2. The van der Waals surface area contributed by atoms with E-state index in [-0.39, 0.29) is 62.4 Å². The van der Waals surface area contributed by atoms with Crippen molar-refractivity contribution in [1.29, 1.82) is 0 Å². The van der Waals surface area contributed by atoms with Crippen molar-refractivity contribution < 1.29 is 37.6 Å². The van der Waals surface area contributed by atoms with Gasteiger partial charge in [0.2, 0.25) is 17.7 Å². The highest BCUT2D eigenvalue weighted by molar-refractivity contribution is 6.31. The van der Waals surface area contributed by atoms with Gasteiger partial charge in [-0.15, -0.1) is 0 Å². The number of hydrogen-bond acceptors (Lipinski definition) is 8. The number of nitrogens with one attached hydrogen (secondary N) is 1. The zero-order valence-electron chi connectivity index (χ0n) is 27.5. The van der Waals surface area contributed by atoms with Crippen molar-refractivity contribution >= 4 is 41.5 Å². The maximum absolute atomic E-state index is 13.9. The summed E-state index contributed by atoms with van der Waals surface area (Å²) in [5.74, 6) is -0.950. The van der Waals surface area contributed by atoms with Crippen molar-refractivity contribution in [3.8, 4) is 11.3 Å². The minimum absolute atomic E-state index is 0. The molecule has 0 radical (unpaired) electrons. The van der Waals surface area contributed by atoms with Crippen molar-refractivity contribution in [1.82, 2.24) is 19.9 Å². The lowest BCUT2D eigenvalue weighted by Crippen LogP contribution is -2.51. The molecule has 0 saturated carbocycles. The fraction of sp³-hybridized carbons (Fsp3) is 0.457. The van der Waals surface area contributed by atoms with Crippen molar-refractivity contribution in [2.24, 2.45) is 0 Å². The van der Waals surface area contributed by atoms with Crippen LogP contribution in [0.4, 0.5) is 19.9 Å². The summed E-state index contributed by atoms with van der Waals surface area (Å²) in [7, 11) is 1.56. The number of piperazine rings is 1. The molecule has 1 N–H and O–H groups in total. The summed E-state index contributed by atoms with van der Waals surface area (Å²) in [6.07, 6.45) is -0.772. The van der Waals surface area contributed by atoms with Crippen LogP contribution in [0.3, 0.4) is 0 Å². The van der Waals surface area contributed by atoms with Crippen LogP contribution in [0, 0.1) is 5.82 Å². The van der Waals surface area contributed by atoms with E-state index in [1.165, 1.54) is 17.0 Å². The van der Waals surface area contributed by atoms with Crippen molar-refractivity contribution in [2.75, 3.05) is 45.2 Å². The predicted octanol–water partition coefficient (Wildman–Crippen LogP) is 6.64. The number of aryl methyl sites for hydroxylation is 1. The normalized spacial score (nSPS) is 13.6. The van der Waals surface area contributed by atoms with E-state index in [9.17, 15) is 23.6 Å². The van der Waals surface area contributed by atoms with Gasteiger partial charge in [-0.1, -0.05) is 66.6 Å². The summed E-state index contributed by atoms with van der Waals surface area (Å²) in [4.78, 5) is 56.2. The van der Waals surface area contributed by atoms with Crippen LogP contribution in [-0.4, -0.2) is 95.3 Å². The van der Waals surface area contributed by atoms with Gasteiger partial charge in [0.25, 0.3) is 0 Å². The fourth-order valence-electron chi connectivity index (χ4n) is 5.05. The van der Waals surface area contributed by atoms with Gasteiger partial charge < -0.3 is 28.7 Å². The lowest BCUT2D eigenvalue weighted by atomic mass is 10.1. The van der Waals surface area contributed by atoms with Crippen LogP contribution in [0.25, 0.3) is 11.3 Å². The first-order valence-electron chi connectivity index (χ1n) is 15.7. The molecule has 49 heavy (non-hydrogen) atoms. The number of hydrogen-bond donors (Lipinski definition) is 1. The van der Waals surface area contributed by atoms with Crippen LogP contribution < -0.4 is 5.32 Å². The second-order valence-electron chi connectivity index (χ2n) is 12.4. The number of amides is 4. The molecule has 1 saturated heterocycles. The summed E-state index contributed by atoms with van der Waals surface area (Å²) >= 11 is 6.07. The summed E-state index contributed by atoms with van der Waals surface area (Å²) in [6, 6.07) is 14.6. The molecular formula is C35H45ClFN5O7. The third kappa shape index (κ3) is 11.5. The average molecular weight is 702 g/mol. The predicted molar refractivity (Wildman–Crippen MR) is 184 cm³/mol. The first-order chi connectivity index (χ1) is 22.8. The van der Waals surface area contributed by atoms with E-state index < -0.39 is 29.6 Å². The van der Waals surface area contributed by atoms with Crippen LogP contribution in [0.1, 0.15) is 53.0 Å². The standard InChI is InChI=1S/C34H41ClFN5O7.CH4/c1-34(2,3)47-33(45)41-19-17-40(18-20-41)30(43)16-14-25(39(4)29(42)15-13-24-11-8-12-26(36)31(24)35)22-46-32(44)37-28-21-27(38-48-28)23-9-6-5-7-10-23;/h5-12,21,25H,13-20,22H2,1-4H3,(H,37,44);1H4/t25-;/m0./s1. The zero-order chi connectivity index (χ0) is 34.8. The van der Waals surface area contributed by atoms with Crippen LogP contribution >= 0.6 is 11.6 Å².